The van der Waals surface area contributed by atoms with Crippen LogP contribution < -0.4 is 9.88 Å². The van der Waals surface area contributed by atoms with E-state index in [1.165, 1.54) is 12.1 Å². The summed E-state index contributed by atoms with van der Waals surface area (Å²) in [4.78, 5) is 13.8. The van der Waals surface area contributed by atoms with E-state index >= 15 is 0 Å². The lowest BCUT2D eigenvalue weighted by molar-refractivity contribution is -0.137. The largest absolute Gasteiger partial charge is 0.457 e. The molecule has 0 atom stereocenters. The Hall–Kier alpha value is -2.59. The monoisotopic (exact) mass is 428 g/mol. The Balaban J connectivity index is 1.68. The fourth-order valence-corrected chi connectivity index (χ4v) is 3.50. The molecule has 0 unspecified atom stereocenters. The Morgan fingerprint density at radius 1 is 1.07 bits per heavy atom. The van der Waals surface area contributed by atoms with Gasteiger partial charge in [0.2, 0.25) is 15.9 Å². The minimum absolute atomic E-state index is 0.185. The van der Waals surface area contributed by atoms with Crippen LogP contribution in [-0.4, -0.2) is 31.5 Å². The molecule has 2 aromatic carbocycles. The predicted molar refractivity (Wildman–Crippen MR) is 99.7 cm³/mol. The molecule has 0 aliphatic carbocycles. The lowest BCUT2D eigenvalue weighted by Gasteiger charge is -2.29. The molecule has 0 saturated carbocycles. The average molecular weight is 428 g/mol. The second kappa shape index (κ2) is 8.03. The zero-order chi connectivity index (χ0) is 21.2. The van der Waals surface area contributed by atoms with Crippen LogP contribution in [0.25, 0.3) is 0 Å². The third-order valence-electron chi connectivity index (χ3n) is 4.56. The molecule has 0 bridgehead atoms. The van der Waals surface area contributed by atoms with Crippen LogP contribution in [0.4, 0.5) is 13.2 Å². The average Bonchev–Trinajstić information content (AvgIpc) is 2.64. The first-order valence-corrected chi connectivity index (χ1v) is 10.5. The molecule has 3 rings (SSSR count). The van der Waals surface area contributed by atoms with Crippen LogP contribution in [0.5, 0.6) is 11.5 Å². The smallest absolute Gasteiger partial charge is 0.416 e. The van der Waals surface area contributed by atoms with Gasteiger partial charge in [-0.2, -0.15) is 13.2 Å². The Bertz CT molecular complexity index is 1010. The molecule has 0 saturated heterocycles. The van der Waals surface area contributed by atoms with Crippen LogP contribution in [0.1, 0.15) is 23.1 Å². The van der Waals surface area contributed by atoms with Crippen molar-refractivity contribution < 1.29 is 31.1 Å². The number of sulfonamides is 1. The van der Waals surface area contributed by atoms with E-state index in [0.717, 1.165) is 23.3 Å². The first-order valence-electron chi connectivity index (χ1n) is 8.76. The number of primary sulfonamides is 1. The topological polar surface area (TPSA) is 89.7 Å². The zero-order valence-corrected chi connectivity index (χ0v) is 16.1. The standard InChI is InChI=1S/C19H19F3N2O4S/c20-19(21,22)15-2-5-16(6-3-15)28-17-4-1-13-7-9-24(12-14(13)11-17)18(25)8-10-29(23,26)27/h1-6,11H,7-10,12H2,(H2,23,26,27). The van der Waals surface area contributed by atoms with Crippen LogP contribution in [0, 0.1) is 0 Å². The molecule has 156 valence electrons. The Morgan fingerprint density at radius 3 is 2.34 bits per heavy atom. The summed E-state index contributed by atoms with van der Waals surface area (Å²) in [6.45, 7) is 0.762. The summed E-state index contributed by atoms with van der Waals surface area (Å²) in [7, 11) is -3.71. The maximum absolute atomic E-state index is 12.6. The van der Waals surface area contributed by atoms with Crippen LogP contribution in [0.15, 0.2) is 42.5 Å². The number of alkyl halides is 3. The van der Waals surface area contributed by atoms with Crippen LogP contribution >= 0.6 is 0 Å². The van der Waals surface area contributed by atoms with Crippen molar-refractivity contribution in [3.05, 3.63) is 59.2 Å². The molecule has 10 heteroatoms. The molecule has 1 aliphatic rings. The van der Waals surface area contributed by atoms with Gasteiger partial charge in [-0.05, 0) is 53.9 Å². The van der Waals surface area contributed by atoms with E-state index in [9.17, 15) is 26.4 Å². The Kier molecular flexibility index (Phi) is 5.85. The molecular formula is C19H19F3N2O4S. The highest BCUT2D eigenvalue weighted by molar-refractivity contribution is 7.89. The van der Waals surface area contributed by atoms with Gasteiger partial charge in [0.05, 0.1) is 11.3 Å². The number of hydrogen-bond acceptors (Lipinski definition) is 4. The highest BCUT2D eigenvalue weighted by Gasteiger charge is 2.30. The molecule has 6 nitrogen and oxygen atoms in total. The van der Waals surface area contributed by atoms with E-state index in [0.29, 0.717) is 25.3 Å². The van der Waals surface area contributed by atoms with E-state index in [1.807, 2.05) is 6.07 Å². The van der Waals surface area contributed by atoms with Gasteiger partial charge in [0.25, 0.3) is 0 Å². The second-order valence-electron chi connectivity index (χ2n) is 6.74. The molecule has 2 aromatic rings. The van der Waals surface area contributed by atoms with Gasteiger partial charge in [-0.25, -0.2) is 13.6 Å². The highest BCUT2D eigenvalue weighted by Crippen LogP contribution is 2.32. The van der Waals surface area contributed by atoms with Crippen LogP contribution in [-0.2, 0) is 34.0 Å². The van der Waals surface area contributed by atoms with Gasteiger partial charge >= 0.3 is 6.18 Å². The van der Waals surface area contributed by atoms with Gasteiger partial charge in [-0.3, -0.25) is 4.79 Å². The maximum atomic E-state index is 12.6. The third kappa shape index (κ3) is 5.70. The first-order chi connectivity index (χ1) is 13.5. The molecule has 0 aromatic heterocycles. The molecule has 29 heavy (non-hydrogen) atoms. The van der Waals surface area contributed by atoms with Crippen molar-refractivity contribution in [1.29, 1.82) is 0 Å². The fourth-order valence-electron chi connectivity index (χ4n) is 3.05. The highest BCUT2D eigenvalue weighted by atomic mass is 32.2. The molecular weight excluding hydrogens is 409 g/mol. The van der Waals surface area contributed by atoms with Crippen LogP contribution in [0.3, 0.4) is 0 Å². The molecule has 2 N–H and O–H groups in total. The lowest BCUT2D eigenvalue weighted by atomic mass is 9.99. The normalized spacial score (nSPS) is 14.4. The molecule has 0 radical (unpaired) electrons. The van der Waals surface area contributed by atoms with E-state index in [4.69, 9.17) is 9.88 Å². The third-order valence-corrected chi connectivity index (χ3v) is 5.33. The number of carbonyl (C=O) groups is 1. The zero-order valence-electron chi connectivity index (χ0n) is 15.3. The molecule has 1 heterocycles. The summed E-state index contributed by atoms with van der Waals surface area (Å²) < 4.78 is 65.6. The van der Waals surface area contributed by atoms with Crippen molar-refractivity contribution in [1.82, 2.24) is 4.90 Å². The number of rotatable bonds is 5. The number of nitrogens with two attached hydrogens (primary N) is 1. The number of halogens is 3. The maximum Gasteiger partial charge on any atom is 0.416 e. The molecule has 0 fully saturated rings. The number of hydrogen-bond donors (Lipinski definition) is 1. The van der Waals surface area contributed by atoms with Crippen molar-refractivity contribution in [2.75, 3.05) is 12.3 Å². The van der Waals surface area contributed by atoms with Gasteiger partial charge in [-0.15, -0.1) is 0 Å². The predicted octanol–water partition coefficient (Wildman–Crippen LogP) is 3.06. The minimum atomic E-state index is -4.41. The SMILES string of the molecule is NS(=O)(=O)CCC(=O)N1CCc2ccc(Oc3ccc(C(F)(F)F)cc3)cc2C1. The molecule has 1 aliphatic heterocycles. The van der Waals surface area contributed by atoms with Crippen molar-refractivity contribution >= 4 is 15.9 Å². The number of ether oxygens (including phenoxy) is 1. The number of benzene rings is 2. The Labute approximate surface area is 166 Å². The molecule has 0 spiro atoms. The number of carbonyl (C=O) groups excluding carboxylic acids is 1. The quantitative estimate of drug-likeness (QED) is 0.793. The van der Waals surface area contributed by atoms with E-state index < -0.39 is 27.5 Å². The number of amides is 1. The van der Waals surface area contributed by atoms with E-state index in [2.05, 4.69) is 0 Å². The first kappa shape index (κ1) is 21.1. The summed E-state index contributed by atoms with van der Waals surface area (Å²) in [6, 6.07) is 9.66. The van der Waals surface area contributed by atoms with Crippen molar-refractivity contribution in [2.24, 2.45) is 5.14 Å². The van der Waals surface area contributed by atoms with Gasteiger partial charge in [0.15, 0.2) is 0 Å². The van der Waals surface area contributed by atoms with Gasteiger partial charge in [0, 0.05) is 19.5 Å². The summed E-state index contributed by atoms with van der Waals surface area (Å²) in [5.74, 6) is -0.0253. The van der Waals surface area contributed by atoms with Gasteiger partial charge < -0.3 is 9.64 Å². The van der Waals surface area contributed by atoms with Crippen molar-refractivity contribution in [3.63, 3.8) is 0 Å². The fraction of sp³-hybridized carbons (Fsp3) is 0.316. The number of nitrogens with zero attached hydrogens (tertiary/aromatic N) is 1. The summed E-state index contributed by atoms with van der Waals surface area (Å²) in [5.41, 5.74) is 1.11. The van der Waals surface area contributed by atoms with Crippen LogP contribution in [0.2, 0.25) is 0 Å². The minimum Gasteiger partial charge on any atom is -0.457 e. The van der Waals surface area contributed by atoms with Gasteiger partial charge in [-0.1, -0.05) is 6.07 Å². The van der Waals surface area contributed by atoms with E-state index in [-0.39, 0.29) is 18.1 Å². The summed E-state index contributed by atoms with van der Waals surface area (Å²) in [6.07, 6.45) is -3.99. The van der Waals surface area contributed by atoms with Gasteiger partial charge in [0.1, 0.15) is 11.5 Å². The summed E-state index contributed by atoms with van der Waals surface area (Å²) >= 11 is 0. The van der Waals surface area contributed by atoms with E-state index in [1.54, 1.807) is 17.0 Å². The second-order valence-corrected chi connectivity index (χ2v) is 8.47. The lowest BCUT2D eigenvalue weighted by Crippen LogP contribution is -2.37. The summed E-state index contributed by atoms with van der Waals surface area (Å²) in [5, 5.41) is 4.94. The van der Waals surface area contributed by atoms with Crippen molar-refractivity contribution in [3.8, 4) is 11.5 Å². The Morgan fingerprint density at radius 2 is 1.72 bits per heavy atom. The van der Waals surface area contributed by atoms with Crippen molar-refractivity contribution in [2.45, 2.75) is 25.6 Å². The number of fused-ring (bicyclic) bond motifs is 1. The molecule has 1 amide bonds.